The van der Waals surface area contributed by atoms with E-state index in [1.807, 2.05) is 0 Å². The van der Waals surface area contributed by atoms with E-state index in [0.29, 0.717) is 0 Å². The molecule has 0 aliphatic heterocycles. The summed E-state index contributed by atoms with van der Waals surface area (Å²) in [5.74, 6) is -0.641. The highest BCUT2D eigenvalue weighted by atomic mass is 32.1. The van der Waals surface area contributed by atoms with E-state index in [9.17, 15) is 9.59 Å². The molecule has 0 aromatic carbocycles. The molecule has 0 aliphatic carbocycles. The van der Waals surface area contributed by atoms with Crippen LogP contribution in [0.15, 0.2) is 0 Å². The summed E-state index contributed by atoms with van der Waals surface area (Å²) >= 11 is 3.73. The smallest absolute Gasteiger partial charge is 0.349 e. The van der Waals surface area contributed by atoms with Gasteiger partial charge in [-0.15, -0.1) is 0 Å². The van der Waals surface area contributed by atoms with Crippen molar-refractivity contribution >= 4 is 31.1 Å². The van der Waals surface area contributed by atoms with Gasteiger partial charge in [0, 0.05) is 5.75 Å². The van der Waals surface area contributed by atoms with Crippen LogP contribution >= 0.6 is 12.6 Å². The summed E-state index contributed by atoms with van der Waals surface area (Å²) in [6.07, 6.45) is 0. The molecule has 0 unspecified atom stereocenters. The molecule has 0 saturated heterocycles. The van der Waals surface area contributed by atoms with Crippen LogP contribution in [0.5, 0.6) is 0 Å². The van der Waals surface area contributed by atoms with Gasteiger partial charge in [-0.25, -0.2) is 9.59 Å². The van der Waals surface area contributed by atoms with Gasteiger partial charge in [0.05, 0.1) is 0 Å². The van der Waals surface area contributed by atoms with E-state index < -0.39 is 18.0 Å². The number of hydrogen-bond donors (Lipinski definition) is 5. The van der Waals surface area contributed by atoms with Crippen molar-refractivity contribution in [3.8, 4) is 0 Å². The zero-order chi connectivity index (χ0) is 11.6. The molecule has 82 valence electrons. The predicted octanol–water partition coefficient (Wildman–Crippen LogP) is -1.93. The average molecular weight is 225 g/mol. The Kier molecular flexibility index (Phi) is 10.3. The molecule has 0 spiro atoms. The van der Waals surface area contributed by atoms with Gasteiger partial charge in [-0.05, 0) is 0 Å². The third-order valence-electron chi connectivity index (χ3n) is 0.752. The zero-order valence-corrected chi connectivity index (χ0v) is 7.94. The minimum absolute atomic E-state index is 0.138. The van der Waals surface area contributed by atoms with E-state index in [4.69, 9.17) is 15.6 Å². The maximum Gasteiger partial charge on any atom is 0.349 e. The van der Waals surface area contributed by atoms with Crippen molar-refractivity contribution in [3.05, 3.63) is 0 Å². The molecular formula is C5H11N3O5S. The van der Waals surface area contributed by atoms with E-state index in [2.05, 4.69) is 23.2 Å². The highest BCUT2D eigenvalue weighted by Gasteiger charge is 2.13. The minimum Gasteiger partial charge on any atom is -0.483 e. The van der Waals surface area contributed by atoms with Crippen LogP contribution in [-0.4, -0.2) is 35.4 Å². The maximum absolute atomic E-state index is 10.6. The molecular weight excluding hydrogens is 214 g/mol. The largest absolute Gasteiger partial charge is 0.483 e. The van der Waals surface area contributed by atoms with E-state index in [0.717, 1.165) is 0 Å². The summed E-state index contributed by atoms with van der Waals surface area (Å²) in [5, 5.41) is 6.89. The molecule has 0 bridgehead atoms. The lowest BCUT2D eigenvalue weighted by Gasteiger charge is -2.06. The summed E-state index contributed by atoms with van der Waals surface area (Å²) in [4.78, 5) is 33.1. The van der Waals surface area contributed by atoms with Crippen LogP contribution in [0.1, 0.15) is 0 Å². The Morgan fingerprint density at radius 3 is 2.36 bits per heavy atom. The number of carboxylic acid groups (broad SMARTS) is 1. The Labute approximate surface area is 84.9 Å². The van der Waals surface area contributed by atoms with Crippen molar-refractivity contribution in [1.82, 2.24) is 5.48 Å². The van der Waals surface area contributed by atoms with Gasteiger partial charge >= 0.3 is 12.0 Å². The molecule has 0 aliphatic rings. The van der Waals surface area contributed by atoms with Crippen molar-refractivity contribution < 1.29 is 24.3 Å². The summed E-state index contributed by atoms with van der Waals surface area (Å²) in [5.41, 5.74) is 11.4. The number of rotatable bonds is 2. The molecule has 0 aromatic rings. The van der Waals surface area contributed by atoms with Crippen molar-refractivity contribution in [1.29, 1.82) is 0 Å². The van der Waals surface area contributed by atoms with Crippen molar-refractivity contribution in [2.45, 2.75) is 6.04 Å². The third kappa shape index (κ3) is 10.5. The zero-order valence-electron chi connectivity index (χ0n) is 7.04. The highest BCUT2D eigenvalue weighted by molar-refractivity contribution is 7.80. The first-order valence-corrected chi connectivity index (χ1v) is 3.83. The van der Waals surface area contributed by atoms with Crippen LogP contribution in [0, 0.1) is 0 Å². The Morgan fingerprint density at radius 1 is 1.64 bits per heavy atom. The Bertz CT molecular complexity index is 200. The first-order valence-electron chi connectivity index (χ1n) is 3.20. The number of primary amides is 1. The fourth-order valence-electron chi connectivity index (χ4n) is 0.251. The SMILES string of the molecule is NC(=O)NOC(=O)[C@@H](N)CS.O=CO. The molecule has 6 N–H and O–H groups in total. The monoisotopic (exact) mass is 225 g/mol. The Balaban J connectivity index is 0. The number of hydrogen-bond acceptors (Lipinski definition) is 6. The lowest BCUT2D eigenvalue weighted by molar-refractivity contribution is -0.149. The van der Waals surface area contributed by atoms with Gasteiger partial charge < -0.3 is 21.4 Å². The minimum atomic E-state index is -0.954. The van der Waals surface area contributed by atoms with Crippen molar-refractivity contribution in [2.24, 2.45) is 11.5 Å². The summed E-state index contributed by atoms with van der Waals surface area (Å²) in [6, 6.07) is -1.81. The number of hydroxylamine groups is 1. The van der Waals surface area contributed by atoms with E-state index in [-0.39, 0.29) is 12.2 Å². The van der Waals surface area contributed by atoms with Gasteiger partial charge in [0.1, 0.15) is 6.04 Å². The molecule has 0 radical (unpaired) electrons. The van der Waals surface area contributed by atoms with Crippen LogP contribution in [0.4, 0.5) is 4.79 Å². The molecule has 2 amide bonds. The number of carbonyl (C=O) groups excluding carboxylic acids is 2. The second-order valence-electron chi connectivity index (χ2n) is 1.78. The molecule has 9 heteroatoms. The number of amides is 2. The molecule has 0 saturated carbocycles. The van der Waals surface area contributed by atoms with E-state index in [1.54, 1.807) is 5.48 Å². The molecule has 0 heterocycles. The van der Waals surface area contributed by atoms with Crippen LogP contribution in [0.2, 0.25) is 0 Å². The quantitative estimate of drug-likeness (QED) is 0.210. The van der Waals surface area contributed by atoms with Crippen LogP contribution in [0.25, 0.3) is 0 Å². The lowest BCUT2D eigenvalue weighted by atomic mass is 10.4. The Morgan fingerprint density at radius 2 is 2.07 bits per heavy atom. The normalized spacial score (nSPS) is 10.1. The number of carbonyl (C=O) groups is 3. The summed E-state index contributed by atoms with van der Waals surface area (Å²) in [7, 11) is 0. The van der Waals surface area contributed by atoms with Gasteiger partial charge in [0.2, 0.25) is 0 Å². The Hall–Kier alpha value is -1.48. The number of nitrogens with one attached hydrogen (secondary N) is 1. The van der Waals surface area contributed by atoms with Gasteiger partial charge in [-0.1, -0.05) is 0 Å². The predicted molar refractivity (Wildman–Crippen MR) is 49.3 cm³/mol. The van der Waals surface area contributed by atoms with Gasteiger partial charge in [0.15, 0.2) is 0 Å². The van der Waals surface area contributed by atoms with Crippen molar-refractivity contribution in [3.63, 3.8) is 0 Å². The number of urea groups is 1. The van der Waals surface area contributed by atoms with Crippen LogP contribution in [0.3, 0.4) is 0 Å². The molecule has 0 rings (SSSR count). The third-order valence-corrected chi connectivity index (χ3v) is 1.15. The average Bonchev–Trinajstić information content (AvgIpc) is 2.14. The van der Waals surface area contributed by atoms with Crippen LogP contribution < -0.4 is 16.9 Å². The van der Waals surface area contributed by atoms with E-state index in [1.165, 1.54) is 0 Å². The molecule has 14 heavy (non-hydrogen) atoms. The number of nitrogens with two attached hydrogens (primary N) is 2. The second-order valence-corrected chi connectivity index (χ2v) is 2.15. The summed E-state index contributed by atoms with van der Waals surface area (Å²) in [6.45, 7) is -0.250. The first kappa shape index (κ1) is 15.0. The molecule has 8 nitrogen and oxygen atoms in total. The lowest BCUT2D eigenvalue weighted by Crippen LogP contribution is -2.40. The topological polar surface area (TPSA) is 145 Å². The number of thiol groups is 1. The van der Waals surface area contributed by atoms with Gasteiger partial charge in [0.25, 0.3) is 6.47 Å². The first-order chi connectivity index (χ1) is 6.49. The molecule has 1 atom stereocenters. The summed E-state index contributed by atoms with van der Waals surface area (Å²) < 4.78 is 0. The fourth-order valence-corrected chi connectivity index (χ4v) is 0.400. The molecule has 0 fully saturated rings. The van der Waals surface area contributed by atoms with Gasteiger partial charge in [-0.3, -0.25) is 4.79 Å². The van der Waals surface area contributed by atoms with Crippen LogP contribution in [-0.2, 0) is 14.4 Å². The second kappa shape index (κ2) is 9.61. The standard InChI is InChI=1S/C4H9N3O3S.CH2O2/c5-2(1-11)3(8)10-7-4(6)9;2-1-3/h2,11H,1,5H2,(H3,6,7,9);1H,(H,2,3)/t2-;/m0./s1. The maximum atomic E-state index is 10.6. The van der Waals surface area contributed by atoms with Gasteiger partial charge in [-0.2, -0.15) is 18.1 Å². The van der Waals surface area contributed by atoms with E-state index >= 15 is 0 Å². The van der Waals surface area contributed by atoms with Crippen molar-refractivity contribution in [2.75, 3.05) is 5.75 Å². The fraction of sp³-hybridized carbons (Fsp3) is 0.400. The molecule has 0 aromatic heterocycles. The highest BCUT2D eigenvalue weighted by Crippen LogP contribution is 1.85.